The molecule has 0 radical (unpaired) electrons. The van der Waals surface area contributed by atoms with Crippen molar-refractivity contribution in [1.29, 1.82) is 0 Å². The molecule has 1 fully saturated rings. The van der Waals surface area contributed by atoms with Crippen molar-refractivity contribution in [3.63, 3.8) is 0 Å². The highest BCUT2D eigenvalue weighted by molar-refractivity contribution is 6.32. The predicted molar refractivity (Wildman–Crippen MR) is 68.7 cm³/mol. The van der Waals surface area contributed by atoms with Crippen molar-refractivity contribution in [3.05, 3.63) is 16.4 Å². The molecule has 1 aliphatic rings. The third-order valence-corrected chi connectivity index (χ3v) is 3.74. The fourth-order valence-corrected chi connectivity index (χ4v) is 2.59. The standard InChI is InChI=1S/C12H16Cl2N2O/c1-2-8-4-3-5-9(6-8)17-10-7-11(13)15-16-12(10)14/h7-9H,2-6H2,1H3. The Balaban J connectivity index is 2.02. The molecule has 0 bridgehead atoms. The van der Waals surface area contributed by atoms with E-state index in [1.54, 1.807) is 6.07 Å². The zero-order chi connectivity index (χ0) is 12.3. The van der Waals surface area contributed by atoms with Gasteiger partial charge in [-0.3, -0.25) is 0 Å². The van der Waals surface area contributed by atoms with Crippen LogP contribution in [0.2, 0.25) is 10.3 Å². The van der Waals surface area contributed by atoms with E-state index in [1.165, 1.54) is 19.3 Å². The summed E-state index contributed by atoms with van der Waals surface area (Å²) in [6.07, 6.45) is 6.13. The van der Waals surface area contributed by atoms with Crippen LogP contribution >= 0.6 is 23.2 Å². The van der Waals surface area contributed by atoms with E-state index in [0.717, 1.165) is 18.8 Å². The molecule has 17 heavy (non-hydrogen) atoms. The molecule has 1 aliphatic carbocycles. The van der Waals surface area contributed by atoms with Crippen LogP contribution in [0.25, 0.3) is 0 Å². The van der Waals surface area contributed by atoms with Gasteiger partial charge in [0.15, 0.2) is 16.1 Å². The summed E-state index contributed by atoms with van der Waals surface area (Å²) >= 11 is 11.7. The second-order valence-corrected chi connectivity index (χ2v) is 5.25. The Labute approximate surface area is 111 Å². The van der Waals surface area contributed by atoms with Crippen LogP contribution in [-0.2, 0) is 0 Å². The smallest absolute Gasteiger partial charge is 0.193 e. The van der Waals surface area contributed by atoms with Gasteiger partial charge >= 0.3 is 0 Å². The van der Waals surface area contributed by atoms with Crippen molar-refractivity contribution < 1.29 is 4.74 Å². The Hall–Kier alpha value is -0.540. The lowest BCUT2D eigenvalue weighted by Crippen LogP contribution is -2.25. The van der Waals surface area contributed by atoms with Crippen LogP contribution in [0, 0.1) is 5.92 Å². The molecule has 0 aromatic carbocycles. The summed E-state index contributed by atoms with van der Waals surface area (Å²) < 4.78 is 5.88. The SMILES string of the molecule is CCC1CCCC(Oc2cc(Cl)nnc2Cl)C1. The molecule has 94 valence electrons. The molecule has 1 aromatic rings. The first-order chi connectivity index (χ1) is 8.19. The Morgan fingerprint density at radius 3 is 2.94 bits per heavy atom. The average Bonchev–Trinajstić information content (AvgIpc) is 2.34. The van der Waals surface area contributed by atoms with Gasteiger partial charge in [0, 0.05) is 6.07 Å². The van der Waals surface area contributed by atoms with E-state index in [4.69, 9.17) is 27.9 Å². The second kappa shape index (κ2) is 5.87. The third-order valence-electron chi connectivity index (χ3n) is 3.29. The van der Waals surface area contributed by atoms with E-state index in [-0.39, 0.29) is 11.3 Å². The Kier molecular flexibility index (Phi) is 4.46. The Bertz CT molecular complexity index is 387. The first kappa shape index (κ1) is 12.9. The molecule has 3 nitrogen and oxygen atoms in total. The van der Waals surface area contributed by atoms with Crippen molar-refractivity contribution in [2.24, 2.45) is 5.92 Å². The van der Waals surface area contributed by atoms with Crippen LogP contribution in [0.4, 0.5) is 0 Å². The highest BCUT2D eigenvalue weighted by Crippen LogP contribution is 2.32. The lowest BCUT2D eigenvalue weighted by Gasteiger charge is -2.28. The first-order valence-corrected chi connectivity index (χ1v) is 6.80. The molecule has 2 unspecified atom stereocenters. The largest absolute Gasteiger partial charge is 0.487 e. The van der Waals surface area contributed by atoms with Gasteiger partial charge in [0.05, 0.1) is 6.10 Å². The fourth-order valence-electron chi connectivity index (χ4n) is 2.32. The molecule has 2 rings (SSSR count). The molecule has 1 heterocycles. The minimum atomic E-state index is 0.228. The van der Waals surface area contributed by atoms with Crippen LogP contribution in [0.1, 0.15) is 39.0 Å². The van der Waals surface area contributed by atoms with Gasteiger partial charge in [0.1, 0.15) is 0 Å². The Morgan fingerprint density at radius 2 is 2.18 bits per heavy atom. The normalized spacial score (nSPS) is 24.6. The average molecular weight is 275 g/mol. The fraction of sp³-hybridized carbons (Fsp3) is 0.667. The number of hydrogen-bond acceptors (Lipinski definition) is 3. The summed E-state index contributed by atoms with van der Waals surface area (Å²) in [7, 11) is 0. The first-order valence-electron chi connectivity index (χ1n) is 6.04. The highest BCUT2D eigenvalue weighted by atomic mass is 35.5. The number of ether oxygens (including phenoxy) is 1. The lowest BCUT2D eigenvalue weighted by molar-refractivity contribution is 0.121. The molecule has 0 N–H and O–H groups in total. The summed E-state index contributed by atoms with van der Waals surface area (Å²) in [5.41, 5.74) is 0. The van der Waals surface area contributed by atoms with Crippen molar-refractivity contribution in [3.8, 4) is 5.75 Å². The van der Waals surface area contributed by atoms with Crippen molar-refractivity contribution >= 4 is 23.2 Å². The van der Waals surface area contributed by atoms with Gasteiger partial charge in [-0.1, -0.05) is 43.0 Å². The van der Waals surface area contributed by atoms with Gasteiger partial charge in [-0.15, -0.1) is 10.2 Å². The van der Waals surface area contributed by atoms with Gasteiger partial charge in [0.2, 0.25) is 0 Å². The van der Waals surface area contributed by atoms with Crippen LogP contribution in [-0.4, -0.2) is 16.3 Å². The van der Waals surface area contributed by atoms with E-state index >= 15 is 0 Å². The highest BCUT2D eigenvalue weighted by Gasteiger charge is 2.23. The molecule has 2 atom stereocenters. The van der Waals surface area contributed by atoms with E-state index in [9.17, 15) is 0 Å². The van der Waals surface area contributed by atoms with Crippen LogP contribution < -0.4 is 4.74 Å². The molecular weight excluding hydrogens is 259 g/mol. The summed E-state index contributed by atoms with van der Waals surface area (Å²) in [6, 6.07) is 1.63. The lowest BCUT2D eigenvalue weighted by atomic mass is 9.85. The van der Waals surface area contributed by atoms with Gasteiger partial charge in [-0.25, -0.2) is 0 Å². The maximum absolute atomic E-state index is 5.93. The number of aromatic nitrogens is 2. The molecule has 0 aliphatic heterocycles. The maximum atomic E-state index is 5.93. The van der Waals surface area contributed by atoms with Crippen LogP contribution in [0.15, 0.2) is 6.07 Å². The Morgan fingerprint density at radius 1 is 1.35 bits per heavy atom. The summed E-state index contributed by atoms with van der Waals surface area (Å²) in [6.45, 7) is 2.23. The number of rotatable bonds is 3. The summed E-state index contributed by atoms with van der Waals surface area (Å²) in [5.74, 6) is 1.31. The van der Waals surface area contributed by atoms with Crippen molar-refractivity contribution in [2.75, 3.05) is 0 Å². The van der Waals surface area contributed by atoms with Gasteiger partial charge < -0.3 is 4.74 Å². The molecule has 0 amide bonds. The van der Waals surface area contributed by atoms with Crippen LogP contribution in [0.5, 0.6) is 5.75 Å². The molecular formula is C12H16Cl2N2O. The zero-order valence-corrected chi connectivity index (χ0v) is 11.3. The summed E-state index contributed by atoms with van der Waals surface area (Å²) in [4.78, 5) is 0. The number of hydrogen-bond donors (Lipinski definition) is 0. The molecule has 1 saturated carbocycles. The number of nitrogens with zero attached hydrogens (tertiary/aromatic N) is 2. The van der Waals surface area contributed by atoms with Gasteiger partial charge in [0.25, 0.3) is 0 Å². The van der Waals surface area contributed by atoms with E-state index < -0.39 is 0 Å². The van der Waals surface area contributed by atoms with E-state index in [2.05, 4.69) is 17.1 Å². The molecule has 0 spiro atoms. The monoisotopic (exact) mass is 274 g/mol. The zero-order valence-electron chi connectivity index (χ0n) is 9.83. The minimum Gasteiger partial charge on any atom is -0.487 e. The van der Waals surface area contributed by atoms with Gasteiger partial charge in [-0.2, -0.15) is 0 Å². The van der Waals surface area contributed by atoms with Crippen LogP contribution in [0.3, 0.4) is 0 Å². The predicted octanol–water partition coefficient (Wildman–Crippen LogP) is 4.13. The molecule has 1 aromatic heterocycles. The quantitative estimate of drug-likeness (QED) is 0.831. The summed E-state index contributed by atoms with van der Waals surface area (Å²) in [5, 5.41) is 8.01. The minimum absolute atomic E-state index is 0.228. The molecule has 0 saturated heterocycles. The van der Waals surface area contributed by atoms with E-state index in [1.807, 2.05) is 0 Å². The second-order valence-electron chi connectivity index (χ2n) is 4.50. The number of halogens is 2. The van der Waals surface area contributed by atoms with E-state index in [0.29, 0.717) is 10.9 Å². The maximum Gasteiger partial charge on any atom is 0.193 e. The van der Waals surface area contributed by atoms with Crippen molar-refractivity contribution in [1.82, 2.24) is 10.2 Å². The van der Waals surface area contributed by atoms with Crippen molar-refractivity contribution in [2.45, 2.75) is 45.1 Å². The topological polar surface area (TPSA) is 35.0 Å². The third kappa shape index (κ3) is 3.46. The van der Waals surface area contributed by atoms with Gasteiger partial charge in [-0.05, 0) is 25.2 Å². The molecule has 5 heteroatoms.